The Kier molecular flexibility index (Phi) is 7.89. The highest BCUT2D eigenvalue weighted by Gasteiger charge is 2.33. The molecule has 0 radical (unpaired) electrons. The Labute approximate surface area is 187 Å². The van der Waals surface area contributed by atoms with Gasteiger partial charge in [0, 0.05) is 44.7 Å². The van der Waals surface area contributed by atoms with Crippen molar-refractivity contribution in [3.63, 3.8) is 0 Å². The van der Waals surface area contributed by atoms with E-state index in [0.29, 0.717) is 6.54 Å². The molecule has 31 heavy (non-hydrogen) atoms. The molecule has 4 rings (SSSR count). The number of hydrogen-bond acceptors (Lipinski definition) is 3. The summed E-state index contributed by atoms with van der Waals surface area (Å²) >= 11 is 0. The summed E-state index contributed by atoms with van der Waals surface area (Å²) in [5.41, 5.74) is 2.10. The molecule has 1 aromatic heterocycles. The minimum absolute atomic E-state index is 0.0768. The SMILES string of the molecule is CCn1c(=O)n([C@@H]2CCN(CC3CCCCCCCCC3)C[C@H]2CO)c2ccccc21. The van der Waals surface area contributed by atoms with Crippen molar-refractivity contribution in [2.45, 2.75) is 83.7 Å². The number of likely N-dealkylation sites (tertiary alicyclic amines) is 1. The van der Waals surface area contributed by atoms with Crippen LogP contribution in [-0.4, -0.2) is 45.4 Å². The second kappa shape index (κ2) is 10.8. The molecule has 2 aliphatic rings. The van der Waals surface area contributed by atoms with Gasteiger partial charge in [0.1, 0.15) is 0 Å². The van der Waals surface area contributed by atoms with Crippen LogP contribution in [0.3, 0.4) is 0 Å². The van der Waals surface area contributed by atoms with Crippen molar-refractivity contribution < 1.29 is 5.11 Å². The lowest BCUT2D eigenvalue weighted by atomic mass is 9.88. The van der Waals surface area contributed by atoms with Gasteiger partial charge in [-0.2, -0.15) is 0 Å². The number of aryl methyl sites for hydroxylation is 1. The summed E-state index contributed by atoms with van der Waals surface area (Å²) in [5, 5.41) is 10.3. The summed E-state index contributed by atoms with van der Waals surface area (Å²) in [6, 6.07) is 8.20. The van der Waals surface area contributed by atoms with Crippen molar-refractivity contribution in [3.05, 3.63) is 34.7 Å². The number of hydrogen-bond donors (Lipinski definition) is 1. The summed E-state index contributed by atoms with van der Waals surface area (Å²) in [7, 11) is 0. The number of nitrogens with zero attached hydrogens (tertiary/aromatic N) is 3. The van der Waals surface area contributed by atoms with Crippen LogP contribution in [0.5, 0.6) is 0 Å². The van der Waals surface area contributed by atoms with E-state index in [1.54, 1.807) is 0 Å². The van der Waals surface area contributed by atoms with E-state index >= 15 is 0 Å². The molecule has 2 heterocycles. The van der Waals surface area contributed by atoms with Crippen LogP contribution in [0.2, 0.25) is 0 Å². The number of aliphatic hydroxyl groups excluding tert-OH is 1. The molecule has 1 saturated heterocycles. The molecule has 1 saturated carbocycles. The number of para-hydroxylation sites is 2. The van der Waals surface area contributed by atoms with Crippen LogP contribution in [0.1, 0.15) is 77.2 Å². The van der Waals surface area contributed by atoms with Gasteiger partial charge in [0.15, 0.2) is 0 Å². The molecule has 5 heteroatoms. The standard InChI is InChI=1S/C26H41N3O2/c1-2-28-24-14-10-11-15-25(24)29(26(28)31)23-16-17-27(19-22(23)20-30)18-21-12-8-6-4-3-5-7-9-13-21/h10-11,14-15,21-23,30H,2-9,12-13,16-20H2,1H3/t22-,23+/m0/s1. The minimum atomic E-state index is 0.0768. The van der Waals surface area contributed by atoms with Gasteiger partial charge in [-0.05, 0) is 44.2 Å². The summed E-state index contributed by atoms with van der Waals surface area (Å²) in [6.45, 7) is 5.93. The molecular formula is C26H41N3O2. The van der Waals surface area contributed by atoms with Crippen LogP contribution in [0.25, 0.3) is 11.0 Å². The van der Waals surface area contributed by atoms with Crippen LogP contribution >= 0.6 is 0 Å². The zero-order valence-corrected chi connectivity index (χ0v) is 19.3. The Balaban J connectivity index is 1.47. The van der Waals surface area contributed by atoms with E-state index in [1.165, 1.54) is 57.8 Å². The summed E-state index contributed by atoms with van der Waals surface area (Å²) in [5.74, 6) is 0.904. The lowest BCUT2D eigenvalue weighted by molar-refractivity contribution is 0.0650. The molecule has 1 aliphatic carbocycles. The number of piperidine rings is 1. The van der Waals surface area contributed by atoms with Crippen LogP contribution in [0, 0.1) is 11.8 Å². The molecule has 2 fully saturated rings. The molecule has 5 nitrogen and oxygen atoms in total. The lowest BCUT2D eigenvalue weighted by Gasteiger charge is -2.40. The zero-order chi connectivity index (χ0) is 21.6. The molecule has 2 atom stereocenters. The normalized spacial score (nSPS) is 25.1. The first-order valence-electron chi connectivity index (χ1n) is 12.8. The molecular weight excluding hydrogens is 386 g/mol. The first kappa shape index (κ1) is 22.6. The van der Waals surface area contributed by atoms with Gasteiger partial charge in [0.2, 0.25) is 0 Å². The van der Waals surface area contributed by atoms with Crippen molar-refractivity contribution in [2.24, 2.45) is 11.8 Å². The smallest absolute Gasteiger partial charge is 0.329 e. The topological polar surface area (TPSA) is 50.4 Å². The van der Waals surface area contributed by atoms with Gasteiger partial charge in [-0.3, -0.25) is 9.13 Å². The fraction of sp³-hybridized carbons (Fsp3) is 0.731. The quantitative estimate of drug-likeness (QED) is 0.744. The Hall–Kier alpha value is -1.59. The van der Waals surface area contributed by atoms with Gasteiger partial charge in [0.25, 0.3) is 0 Å². The van der Waals surface area contributed by atoms with Crippen molar-refractivity contribution >= 4 is 11.0 Å². The van der Waals surface area contributed by atoms with Crippen molar-refractivity contribution in [3.8, 4) is 0 Å². The maximum atomic E-state index is 13.2. The predicted molar refractivity (Wildman–Crippen MR) is 128 cm³/mol. The molecule has 1 aromatic carbocycles. The van der Waals surface area contributed by atoms with Crippen molar-refractivity contribution in [1.82, 2.24) is 14.0 Å². The van der Waals surface area contributed by atoms with Crippen molar-refractivity contribution in [1.29, 1.82) is 0 Å². The minimum Gasteiger partial charge on any atom is -0.396 e. The molecule has 0 unspecified atom stereocenters. The van der Waals surface area contributed by atoms with Crippen LogP contribution in [0.4, 0.5) is 0 Å². The third kappa shape index (κ3) is 5.09. The zero-order valence-electron chi connectivity index (χ0n) is 19.3. The molecule has 172 valence electrons. The summed E-state index contributed by atoms with van der Waals surface area (Å²) in [6.07, 6.45) is 13.4. The molecule has 0 bridgehead atoms. The number of benzene rings is 1. The third-order valence-corrected chi connectivity index (χ3v) is 7.77. The van der Waals surface area contributed by atoms with E-state index < -0.39 is 0 Å². The van der Waals surface area contributed by atoms with Crippen LogP contribution in [0.15, 0.2) is 29.1 Å². The third-order valence-electron chi connectivity index (χ3n) is 7.77. The van der Waals surface area contributed by atoms with E-state index in [9.17, 15) is 9.90 Å². The monoisotopic (exact) mass is 427 g/mol. The lowest BCUT2D eigenvalue weighted by Crippen LogP contribution is -2.46. The van der Waals surface area contributed by atoms with Crippen molar-refractivity contribution in [2.75, 3.05) is 26.2 Å². The van der Waals surface area contributed by atoms with E-state index in [-0.39, 0.29) is 24.3 Å². The maximum absolute atomic E-state index is 13.2. The number of imidazole rings is 1. The van der Waals surface area contributed by atoms with Crippen LogP contribution < -0.4 is 5.69 Å². The predicted octanol–water partition coefficient (Wildman–Crippen LogP) is 4.82. The molecule has 2 aromatic rings. The van der Waals surface area contributed by atoms with Gasteiger partial charge >= 0.3 is 5.69 Å². The Morgan fingerprint density at radius 1 is 0.935 bits per heavy atom. The maximum Gasteiger partial charge on any atom is 0.329 e. The van der Waals surface area contributed by atoms with Crippen LogP contribution in [-0.2, 0) is 6.54 Å². The first-order chi connectivity index (χ1) is 15.2. The second-order valence-electron chi connectivity index (χ2n) is 9.86. The summed E-state index contributed by atoms with van der Waals surface area (Å²) in [4.78, 5) is 15.8. The van der Waals surface area contributed by atoms with E-state index in [4.69, 9.17) is 0 Å². The Bertz CT molecular complexity index is 876. The van der Waals surface area contributed by atoms with E-state index in [0.717, 1.165) is 43.0 Å². The number of fused-ring (bicyclic) bond motifs is 1. The highest BCUT2D eigenvalue weighted by molar-refractivity contribution is 5.76. The van der Waals surface area contributed by atoms with Gasteiger partial charge in [0.05, 0.1) is 11.0 Å². The highest BCUT2D eigenvalue weighted by atomic mass is 16.3. The largest absolute Gasteiger partial charge is 0.396 e. The van der Waals surface area contributed by atoms with Gasteiger partial charge in [-0.25, -0.2) is 4.79 Å². The van der Waals surface area contributed by atoms with Gasteiger partial charge < -0.3 is 10.0 Å². The highest BCUT2D eigenvalue weighted by Crippen LogP contribution is 2.32. The number of rotatable bonds is 5. The Morgan fingerprint density at radius 3 is 2.23 bits per heavy atom. The fourth-order valence-electron chi connectivity index (χ4n) is 6.08. The van der Waals surface area contributed by atoms with E-state index in [1.807, 2.05) is 34.3 Å². The number of aliphatic hydroxyl groups is 1. The average Bonchev–Trinajstić information content (AvgIpc) is 3.09. The molecule has 0 spiro atoms. The first-order valence-corrected chi connectivity index (χ1v) is 12.8. The molecule has 0 amide bonds. The van der Waals surface area contributed by atoms with Gasteiger partial charge in [-0.1, -0.05) is 57.1 Å². The molecule has 1 aliphatic heterocycles. The fourth-order valence-corrected chi connectivity index (χ4v) is 6.08. The summed E-state index contributed by atoms with van der Waals surface area (Å²) < 4.78 is 3.86. The average molecular weight is 428 g/mol. The second-order valence-corrected chi connectivity index (χ2v) is 9.86. The van der Waals surface area contributed by atoms with E-state index in [2.05, 4.69) is 11.0 Å². The Morgan fingerprint density at radius 2 is 1.58 bits per heavy atom. The number of aromatic nitrogens is 2. The molecule has 1 N–H and O–H groups in total. The van der Waals surface area contributed by atoms with Gasteiger partial charge in [-0.15, -0.1) is 0 Å².